The highest BCUT2D eigenvalue weighted by atomic mass is 35.5. The van der Waals surface area contributed by atoms with Crippen LogP contribution in [0, 0.1) is 5.92 Å². The third kappa shape index (κ3) is 5.30. The molecule has 2 heterocycles. The molecule has 1 aliphatic heterocycles. The first-order valence-corrected chi connectivity index (χ1v) is 12.9. The number of carbonyl (C=O) groups is 2. The summed E-state index contributed by atoms with van der Waals surface area (Å²) < 4.78 is 10.8. The van der Waals surface area contributed by atoms with Crippen molar-refractivity contribution in [1.82, 2.24) is 9.97 Å². The average molecular weight is 569 g/mol. The van der Waals surface area contributed by atoms with Crippen LogP contribution in [0.1, 0.15) is 18.4 Å². The van der Waals surface area contributed by atoms with Gasteiger partial charge in [0.2, 0.25) is 11.9 Å². The summed E-state index contributed by atoms with van der Waals surface area (Å²) >= 11 is 13.3. The molecule has 2 aromatic carbocycles. The third-order valence-electron chi connectivity index (χ3n) is 6.46. The number of fused-ring (bicyclic) bond motifs is 1. The summed E-state index contributed by atoms with van der Waals surface area (Å²) in [5.74, 6) is 1.46. The summed E-state index contributed by atoms with van der Waals surface area (Å²) in [6.07, 6.45) is 4.91. The first-order chi connectivity index (χ1) is 18.8. The van der Waals surface area contributed by atoms with Crippen LogP contribution in [-0.2, 0) is 11.3 Å². The van der Waals surface area contributed by atoms with Gasteiger partial charge in [0.05, 0.1) is 37.8 Å². The van der Waals surface area contributed by atoms with Crippen LogP contribution in [0.25, 0.3) is 0 Å². The van der Waals surface area contributed by atoms with E-state index >= 15 is 0 Å². The van der Waals surface area contributed by atoms with E-state index in [1.54, 1.807) is 35.4 Å². The summed E-state index contributed by atoms with van der Waals surface area (Å²) in [6.45, 7) is 4.12. The van der Waals surface area contributed by atoms with Crippen LogP contribution in [0.3, 0.4) is 0 Å². The van der Waals surface area contributed by atoms with Crippen molar-refractivity contribution < 1.29 is 19.1 Å². The van der Waals surface area contributed by atoms with Crippen molar-refractivity contribution in [2.75, 3.05) is 41.2 Å². The second kappa shape index (κ2) is 11.0. The zero-order chi connectivity index (χ0) is 27.7. The number of rotatable bonds is 9. The molecule has 1 saturated carbocycles. The number of nitrogens with one attached hydrogen (secondary N) is 2. The quantitative estimate of drug-likeness (QED) is 0.303. The minimum Gasteiger partial charge on any atom is -0.495 e. The van der Waals surface area contributed by atoms with Gasteiger partial charge in [-0.25, -0.2) is 9.78 Å². The monoisotopic (exact) mass is 568 g/mol. The molecule has 12 heteroatoms. The Hall–Kier alpha value is -4.02. The molecule has 0 bridgehead atoms. The minimum atomic E-state index is -0.344. The number of ether oxygens (including phenoxy) is 2. The first kappa shape index (κ1) is 26.6. The minimum absolute atomic E-state index is 0.136. The lowest BCUT2D eigenvalue weighted by molar-refractivity contribution is -0.111. The number of amides is 3. The van der Waals surface area contributed by atoms with Crippen molar-refractivity contribution in [3.05, 3.63) is 64.8 Å². The van der Waals surface area contributed by atoms with Crippen molar-refractivity contribution >= 4 is 64.0 Å². The Labute approximate surface area is 235 Å². The van der Waals surface area contributed by atoms with Crippen LogP contribution in [0.5, 0.6) is 11.5 Å². The topological polar surface area (TPSA) is 109 Å². The Kier molecular flexibility index (Phi) is 7.49. The zero-order valence-electron chi connectivity index (χ0n) is 21.3. The Morgan fingerprint density at radius 2 is 1.82 bits per heavy atom. The van der Waals surface area contributed by atoms with Crippen LogP contribution in [0.15, 0.2) is 49.2 Å². The maximum atomic E-state index is 13.9. The summed E-state index contributed by atoms with van der Waals surface area (Å²) in [7, 11) is 2.96. The Morgan fingerprint density at radius 1 is 1.15 bits per heavy atom. The maximum Gasteiger partial charge on any atom is 0.330 e. The van der Waals surface area contributed by atoms with Crippen LogP contribution in [-0.4, -0.2) is 42.7 Å². The summed E-state index contributed by atoms with van der Waals surface area (Å²) in [5.41, 5.74) is 2.13. The van der Waals surface area contributed by atoms with Gasteiger partial charge in [0.15, 0.2) is 0 Å². The zero-order valence-corrected chi connectivity index (χ0v) is 22.8. The van der Waals surface area contributed by atoms with Gasteiger partial charge in [0, 0.05) is 24.4 Å². The van der Waals surface area contributed by atoms with E-state index in [9.17, 15) is 9.59 Å². The van der Waals surface area contributed by atoms with E-state index in [0.29, 0.717) is 52.4 Å². The van der Waals surface area contributed by atoms with Crippen LogP contribution in [0.2, 0.25) is 10.0 Å². The fourth-order valence-corrected chi connectivity index (χ4v) is 5.00. The molecule has 39 heavy (non-hydrogen) atoms. The summed E-state index contributed by atoms with van der Waals surface area (Å²) in [4.78, 5) is 38.1. The van der Waals surface area contributed by atoms with E-state index in [1.807, 2.05) is 6.07 Å². The molecule has 3 aromatic rings. The SMILES string of the molecule is C=CC(=O)Nc1ccccc1Nc1ncc2c(n1)N(CC1CC1)C(=O)N(c1c(Cl)c(OC)cc(OC)c1Cl)C2. The molecule has 0 atom stereocenters. The molecule has 2 aliphatic rings. The highest BCUT2D eigenvalue weighted by molar-refractivity contribution is 6.42. The summed E-state index contributed by atoms with van der Waals surface area (Å²) in [5, 5.41) is 6.30. The van der Waals surface area contributed by atoms with Gasteiger partial charge < -0.3 is 20.1 Å². The molecule has 1 fully saturated rings. The standard InChI is InChI=1S/C27H26Cl2N6O4/c1-4-21(36)31-17-7-5-6-8-18(17)32-26-30-12-16-14-34(27(37)35(25(16)33-26)13-15-9-10-15)24-22(28)19(38-2)11-20(39-3)23(24)29/h4-8,11-12,15H,1,9-10,13-14H2,2-3H3,(H,31,36)(H,30,32,33). The Bertz CT molecular complexity index is 1430. The largest absolute Gasteiger partial charge is 0.495 e. The third-order valence-corrected chi connectivity index (χ3v) is 7.19. The number of benzene rings is 2. The van der Waals surface area contributed by atoms with Gasteiger partial charge in [-0.3, -0.25) is 14.6 Å². The molecule has 10 nitrogen and oxygen atoms in total. The smallest absolute Gasteiger partial charge is 0.330 e. The molecule has 0 saturated heterocycles. The number of hydrogen-bond acceptors (Lipinski definition) is 7. The molecule has 3 amide bonds. The van der Waals surface area contributed by atoms with Gasteiger partial charge in [-0.15, -0.1) is 0 Å². The van der Waals surface area contributed by atoms with E-state index in [-0.39, 0.29) is 34.5 Å². The predicted molar refractivity (Wildman–Crippen MR) is 152 cm³/mol. The number of carbonyl (C=O) groups excluding carboxylic acids is 2. The molecular formula is C27H26Cl2N6O4. The molecular weight excluding hydrogens is 543 g/mol. The highest BCUT2D eigenvalue weighted by Crippen LogP contribution is 2.48. The normalized spacial score (nSPS) is 14.5. The number of hydrogen-bond donors (Lipinski definition) is 2. The van der Waals surface area contributed by atoms with Crippen LogP contribution in [0.4, 0.5) is 33.6 Å². The number of nitrogens with zero attached hydrogens (tertiary/aromatic N) is 4. The van der Waals surface area contributed by atoms with E-state index in [0.717, 1.165) is 12.8 Å². The Morgan fingerprint density at radius 3 is 2.44 bits per heavy atom. The van der Waals surface area contributed by atoms with Crippen molar-refractivity contribution in [3.8, 4) is 11.5 Å². The van der Waals surface area contributed by atoms with Gasteiger partial charge in [0.25, 0.3) is 0 Å². The second-order valence-corrected chi connectivity index (χ2v) is 9.84. The lowest BCUT2D eigenvalue weighted by Gasteiger charge is -2.37. The predicted octanol–water partition coefficient (Wildman–Crippen LogP) is 6.03. The number of aromatic nitrogens is 2. The second-order valence-electron chi connectivity index (χ2n) is 9.09. The van der Waals surface area contributed by atoms with E-state index in [2.05, 4.69) is 22.2 Å². The molecule has 5 rings (SSSR count). The number of para-hydroxylation sites is 2. The van der Waals surface area contributed by atoms with Crippen molar-refractivity contribution in [1.29, 1.82) is 0 Å². The number of urea groups is 1. The van der Waals surface area contributed by atoms with Gasteiger partial charge >= 0.3 is 6.03 Å². The van der Waals surface area contributed by atoms with E-state index < -0.39 is 0 Å². The molecule has 202 valence electrons. The number of anilines is 5. The lowest BCUT2D eigenvalue weighted by Crippen LogP contribution is -2.49. The number of methoxy groups -OCH3 is 2. The summed E-state index contributed by atoms with van der Waals surface area (Å²) in [6, 6.07) is 8.41. The van der Waals surface area contributed by atoms with Gasteiger partial charge in [-0.2, -0.15) is 4.98 Å². The number of halogens is 2. The molecule has 1 aromatic heterocycles. The van der Waals surface area contributed by atoms with Gasteiger partial charge in [-0.05, 0) is 37.0 Å². The van der Waals surface area contributed by atoms with Gasteiger partial charge in [-0.1, -0.05) is 41.9 Å². The molecule has 0 radical (unpaired) electrons. The molecule has 1 aliphatic carbocycles. The fraction of sp³-hybridized carbons (Fsp3) is 0.259. The Balaban J connectivity index is 1.53. The highest BCUT2D eigenvalue weighted by Gasteiger charge is 2.39. The molecule has 0 spiro atoms. The van der Waals surface area contributed by atoms with Crippen LogP contribution >= 0.6 is 23.2 Å². The van der Waals surface area contributed by atoms with Crippen molar-refractivity contribution in [3.63, 3.8) is 0 Å². The van der Waals surface area contributed by atoms with E-state index in [4.69, 9.17) is 37.7 Å². The van der Waals surface area contributed by atoms with E-state index in [1.165, 1.54) is 25.2 Å². The average Bonchev–Trinajstić information content (AvgIpc) is 3.76. The maximum absolute atomic E-state index is 13.9. The molecule has 2 N–H and O–H groups in total. The van der Waals surface area contributed by atoms with Gasteiger partial charge in [0.1, 0.15) is 27.4 Å². The fourth-order valence-electron chi connectivity index (χ4n) is 4.29. The molecule has 0 unspecified atom stereocenters. The van der Waals surface area contributed by atoms with Crippen LogP contribution < -0.4 is 29.9 Å². The lowest BCUT2D eigenvalue weighted by atomic mass is 10.1. The van der Waals surface area contributed by atoms with Crippen molar-refractivity contribution in [2.24, 2.45) is 5.92 Å². The first-order valence-electron chi connectivity index (χ1n) is 12.2. The van der Waals surface area contributed by atoms with Crippen molar-refractivity contribution in [2.45, 2.75) is 19.4 Å².